The van der Waals surface area contributed by atoms with E-state index >= 15 is 9.59 Å². The number of phenolic OH excluding ortho intramolecular Hbond substituents is 1. The highest BCUT2D eigenvalue weighted by Gasteiger charge is 2.40. The first-order valence-corrected chi connectivity index (χ1v) is 31.1. The maximum atomic E-state index is 15.2. The summed E-state index contributed by atoms with van der Waals surface area (Å²) in [5.74, 6) is -8.30. The number of H-pyrrole nitrogens is 3. The summed E-state index contributed by atoms with van der Waals surface area (Å²) in [6.07, 6.45) is 6.62. The third-order valence-corrected chi connectivity index (χ3v) is 16.2. The molecule has 3 aromatic carbocycles. The van der Waals surface area contributed by atoms with Crippen LogP contribution in [0.1, 0.15) is 88.1 Å². The van der Waals surface area contributed by atoms with Gasteiger partial charge >= 0.3 is 0 Å². The molecule has 18 N–H and O–H groups in total. The first-order valence-electron chi connectivity index (χ1n) is 31.6. The number of carbonyl (C=O) groups excluding carboxylic acids is 10. The monoisotopic (exact) mass is 1280 g/mol. The first kappa shape index (κ1) is 67.1. The van der Waals surface area contributed by atoms with Crippen molar-refractivity contribution in [3.8, 4) is 5.75 Å². The van der Waals surface area contributed by atoms with Crippen molar-refractivity contribution in [2.45, 2.75) is 146 Å². The molecule has 5 heterocycles. The zero-order valence-corrected chi connectivity index (χ0v) is 52.0. The molecule has 0 spiro atoms. The van der Waals surface area contributed by atoms with Crippen LogP contribution in [0.2, 0.25) is 1.41 Å². The number of aromatic hydroxyl groups is 1. The minimum absolute atomic E-state index is 0.0359. The average molecular weight is 1280 g/mol. The summed E-state index contributed by atoms with van der Waals surface area (Å²) in [7, 11) is 0. The molecule has 2 fully saturated rings. The molecule has 3 aromatic heterocycles. The van der Waals surface area contributed by atoms with Crippen LogP contribution in [0, 0.1) is 5.92 Å². The maximum absolute atomic E-state index is 15.2. The van der Waals surface area contributed by atoms with E-state index in [1.807, 2.05) is 13.8 Å². The van der Waals surface area contributed by atoms with E-state index in [9.17, 15) is 50.0 Å². The van der Waals surface area contributed by atoms with Gasteiger partial charge in [-0.15, -0.1) is 0 Å². The van der Waals surface area contributed by atoms with Gasteiger partial charge in [-0.3, -0.25) is 52.9 Å². The number of hydrogen-bond donors (Lipinski definition) is 16. The number of nitrogens with two attached hydrogens (primary N) is 2. The summed E-state index contributed by atoms with van der Waals surface area (Å²) in [5.41, 5.74) is 14.4. The Labute approximate surface area is 537 Å². The number of imidazole rings is 1. The summed E-state index contributed by atoms with van der Waals surface area (Å²) in [6.45, 7) is 4.96. The Morgan fingerprint density at radius 3 is 1.82 bits per heavy atom. The molecule has 93 heavy (non-hydrogen) atoms. The number of aliphatic imine (C=N–C) groups is 1. The Morgan fingerprint density at radius 1 is 0.688 bits per heavy atom. The van der Waals surface area contributed by atoms with E-state index in [0.29, 0.717) is 63.6 Å². The van der Waals surface area contributed by atoms with Crippen LogP contribution in [0.4, 0.5) is 0 Å². The number of hydrogen-bond acceptors (Lipinski definition) is 14. The number of aliphatic hydroxyl groups is 1. The fraction of sp³-hybridized carbons (Fsp3) is 0.438. The van der Waals surface area contributed by atoms with Crippen molar-refractivity contribution in [1.82, 2.24) is 72.7 Å². The van der Waals surface area contributed by atoms with Gasteiger partial charge in [0.05, 0.1) is 12.9 Å². The lowest BCUT2D eigenvalue weighted by Gasteiger charge is -2.30. The molecule has 0 aliphatic carbocycles. The van der Waals surface area contributed by atoms with E-state index in [2.05, 4.69) is 67.5 Å². The molecule has 496 valence electrons. The number of aromatic amines is 3. The second kappa shape index (κ2) is 32.6. The van der Waals surface area contributed by atoms with Crippen LogP contribution >= 0.6 is 0 Å². The van der Waals surface area contributed by atoms with Crippen LogP contribution in [-0.2, 0) is 73.6 Å². The fourth-order valence-electron chi connectivity index (χ4n) is 11.5. The summed E-state index contributed by atoms with van der Waals surface area (Å²) in [4.78, 5) is 161. The molecule has 9 atom stereocenters. The summed E-state index contributed by atoms with van der Waals surface area (Å²) < 4.78 is 9.44. The number of amides is 10. The number of nitrogens with zero attached hydrogens (tertiary/aromatic N) is 3. The molecule has 0 unspecified atom stereocenters. The van der Waals surface area contributed by atoms with Gasteiger partial charge in [0.25, 0.3) is 0 Å². The van der Waals surface area contributed by atoms with Crippen molar-refractivity contribution >= 4 is 86.8 Å². The van der Waals surface area contributed by atoms with Crippen molar-refractivity contribution in [3.05, 3.63) is 120 Å². The van der Waals surface area contributed by atoms with Gasteiger partial charge in [-0.1, -0.05) is 62.4 Å². The highest BCUT2D eigenvalue weighted by atomic mass is 16.3. The summed E-state index contributed by atoms with van der Waals surface area (Å²) in [5, 5.41) is 44.4. The normalized spacial score (nSPS) is 16.9. The Balaban J connectivity index is 1.07. The quantitative estimate of drug-likeness (QED) is 0.0140. The smallest absolute Gasteiger partial charge is 0.245 e. The average Bonchev–Trinajstić information content (AvgIpc) is 1.51. The lowest BCUT2D eigenvalue weighted by atomic mass is 9.99. The number of phenols is 1. The number of benzene rings is 3. The number of likely N-dealkylation sites (tertiary alicyclic amines) is 1. The third-order valence-electron chi connectivity index (χ3n) is 16.2. The first-order chi connectivity index (χ1) is 45.1. The number of fused-ring (bicyclic) bond motifs is 2. The Hall–Kier alpha value is -10.3. The van der Waals surface area contributed by atoms with E-state index in [1.54, 1.807) is 67.8 Å². The minimum Gasteiger partial charge on any atom is -0.508 e. The fourth-order valence-corrected chi connectivity index (χ4v) is 11.5. The lowest BCUT2D eigenvalue weighted by Crippen LogP contribution is -2.61. The molecule has 0 radical (unpaired) electrons. The van der Waals surface area contributed by atoms with Crippen LogP contribution in [0.25, 0.3) is 21.8 Å². The van der Waals surface area contributed by atoms with Crippen LogP contribution in [0.15, 0.2) is 103 Å². The van der Waals surface area contributed by atoms with Crippen LogP contribution < -0.4 is 59.3 Å². The lowest BCUT2D eigenvalue weighted by molar-refractivity contribution is -0.142. The molecule has 2 aliphatic heterocycles. The van der Waals surface area contributed by atoms with Crippen molar-refractivity contribution in [2.75, 3.05) is 26.2 Å². The summed E-state index contributed by atoms with van der Waals surface area (Å²) in [6, 6.07) is 7.33. The van der Waals surface area contributed by atoms with E-state index in [4.69, 9.17) is 11.5 Å². The predicted octanol–water partition coefficient (Wildman–Crippen LogP) is -0.760. The topological polar surface area (TPSA) is 447 Å². The van der Waals surface area contributed by atoms with Crippen LogP contribution in [0.3, 0.4) is 0 Å². The van der Waals surface area contributed by atoms with Crippen LogP contribution in [0.5, 0.6) is 5.75 Å². The molecule has 0 saturated carbocycles. The number of para-hydroxylation sites is 2. The predicted molar refractivity (Wildman–Crippen MR) is 343 cm³/mol. The van der Waals surface area contributed by atoms with Gasteiger partial charge < -0.3 is 89.4 Å². The highest BCUT2D eigenvalue weighted by Crippen LogP contribution is 2.24. The molecular weight excluding hydrogens is 1200 g/mol. The third kappa shape index (κ3) is 18.9. The van der Waals surface area contributed by atoms with Gasteiger partial charge in [-0.05, 0) is 92.3 Å². The molecule has 6 aromatic rings. The van der Waals surface area contributed by atoms with E-state index < -0.39 is 115 Å². The summed E-state index contributed by atoms with van der Waals surface area (Å²) >= 11 is 0. The van der Waals surface area contributed by atoms with E-state index in [1.165, 1.54) is 41.7 Å². The SMILES string of the molecule is [2H]N(C(=O)[C@H](CO)NC(=O)[C@H](Cc1c[nH]c2ccccc12)NC(=O)[C@H](Cc1cnc[nH]1)NC(=O)[C@@H]1CCC(=O)N1)[C@@H](Cc1ccc(O)cc1)C(=O)N[C@@H](Cc1c[nH]c2ccccc12)C(=O)N[C@@H](CC(C)C)C(=O)N[C@@H](CCCN=C(N)N)C(=O)N1CCC[C@H]1C(=O)NCC. The van der Waals surface area contributed by atoms with Gasteiger partial charge in [-0.2, -0.15) is 0 Å². The number of carbonyl (C=O) groups is 10. The van der Waals surface area contributed by atoms with Crippen molar-refractivity contribution in [3.63, 3.8) is 0 Å². The number of nitrogens with one attached hydrogen (secondary N) is 12. The zero-order chi connectivity index (χ0) is 67.6. The van der Waals surface area contributed by atoms with Crippen molar-refractivity contribution < 1.29 is 59.6 Å². The molecule has 8 rings (SSSR count). The Morgan fingerprint density at radius 2 is 1.26 bits per heavy atom. The number of rotatable bonds is 32. The van der Waals surface area contributed by atoms with Crippen LogP contribution in [-0.4, -0.2) is 181 Å². The van der Waals surface area contributed by atoms with Crippen molar-refractivity contribution in [1.29, 1.82) is 0 Å². The minimum atomic E-state index is -1.96. The largest absolute Gasteiger partial charge is 0.508 e. The zero-order valence-electron chi connectivity index (χ0n) is 53.0. The standard InChI is InChI=1S/C64H83N17O12/c1-4-68-62(92)53-16-10-24-81(53)63(93)46(15-9-23-69-64(65)66)74-56(86)47(25-35(2)3)75-58(88)49(27-37-30-70-43-13-7-5-11-41(37)43)77-57(87)48(26-36-17-19-40(83)20-18-36)76-61(91)52(33-82)80-59(89)50(28-38-31-71-44-14-8-6-12-42(38)44)78-60(90)51(29-39-32-67-34-72-39)79-55(85)45-21-22-54(84)73-45/h5-8,11-14,17-20,30-32,34-35,45-53,70-71,82-83H,4,9-10,15-16,21-29,33H2,1-3H3,(H,67,72)(H,68,92)(H,73,84)(H,74,86)(H,75,88)(H,76,91)(H,77,87)(H,78,90)(H,79,85)(H,80,89)(H4,65,66,69)/t45-,46-,47-,48-,49-,50-,51-,52-,53-/m0/s1/i/hD. The van der Waals surface area contributed by atoms with Gasteiger partial charge in [0.1, 0.15) is 60.1 Å². The highest BCUT2D eigenvalue weighted by molar-refractivity contribution is 6.00. The number of likely N-dealkylation sites (N-methyl/N-ethyl adjacent to an activating group) is 1. The molecule has 10 amide bonds. The van der Waals surface area contributed by atoms with Crippen molar-refractivity contribution in [2.24, 2.45) is 22.4 Å². The number of aliphatic hydroxyl groups excluding tert-OH is 1. The molecule has 2 aliphatic rings. The second-order valence-corrected chi connectivity index (χ2v) is 23.6. The molecule has 0 bridgehead atoms. The van der Waals surface area contributed by atoms with Gasteiger partial charge in [0.2, 0.25) is 59.1 Å². The van der Waals surface area contributed by atoms with Gasteiger partial charge in [-0.25, -0.2) is 4.98 Å². The second-order valence-electron chi connectivity index (χ2n) is 23.6. The molecule has 29 nitrogen and oxygen atoms in total. The van der Waals surface area contributed by atoms with Gasteiger partial charge in [0.15, 0.2) is 7.37 Å². The molecular formula is C64H83N17O12. The van der Waals surface area contributed by atoms with E-state index in [0.717, 1.165) is 0 Å². The number of aromatic nitrogens is 4. The molecule has 2 saturated heterocycles. The van der Waals surface area contributed by atoms with E-state index in [-0.39, 0.29) is 99.2 Å². The Kier molecular flexibility index (Phi) is 23.5. The maximum Gasteiger partial charge on any atom is 0.245 e. The Bertz CT molecular complexity index is 3680. The number of guanidine groups is 1. The molecule has 29 heteroatoms. The van der Waals surface area contributed by atoms with Gasteiger partial charge in [0, 0.05) is 97.8 Å².